The highest BCUT2D eigenvalue weighted by atomic mass is 16.4. The number of carboxylic acid groups (broad SMARTS) is 1. The Balaban J connectivity index is 2.06. The number of carbonyl (C=O) groups is 1. The van der Waals surface area contributed by atoms with Crippen LogP contribution in [0.15, 0.2) is 12.1 Å². The van der Waals surface area contributed by atoms with Crippen molar-refractivity contribution >= 4 is 17.3 Å². The number of hydrogen-bond acceptors (Lipinski definition) is 4. The minimum absolute atomic E-state index is 0.172. The largest absolute Gasteiger partial charge is 0.478 e. The topological polar surface area (TPSA) is 78.6 Å². The Morgan fingerprint density at radius 3 is 2.89 bits per heavy atom. The summed E-state index contributed by atoms with van der Waals surface area (Å²) in [5.74, 6) is -0.360. The zero-order valence-electron chi connectivity index (χ0n) is 11.4. The third-order valence-electron chi connectivity index (χ3n) is 3.70. The second-order valence-electron chi connectivity index (χ2n) is 5.36. The van der Waals surface area contributed by atoms with Crippen LogP contribution in [0.3, 0.4) is 0 Å². The predicted molar refractivity (Wildman–Crippen MR) is 76.6 cm³/mol. The fraction of sp³-hybridized carbons (Fsp3) is 0.500. The second kappa shape index (κ2) is 5.48. The van der Waals surface area contributed by atoms with Gasteiger partial charge in [-0.3, -0.25) is 0 Å². The predicted octanol–water partition coefficient (Wildman–Crippen LogP) is 1.64. The summed E-state index contributed by atoms with van der Waals surface area (Å²) in [7, 11) is 2.12. The van der Waals surface area contributed by atoms with E-state index in [0.717, 1.165) is 30.9 Å². The zero-order chi connectivity index (χ0) is 14.0. The quantitative estimate of drug-likeness (QED) is 0.720. The van der Waals surface area contributed by atoms with Gasteiger partial charge in [0.15, 0.2) is 0 Å². The molecule has 2 rings (SSSR count). The Morgan fingerprint density at radius 2 is 2.32 bits per heavy atom. The molecule has 1 atom stereocenters. The van der Waals surface area contributed by atoms with Crippen LogP contribution in [0.4, 0.5) is 11.4 Å². The molecule has 1 heterocycles. The third kappa shape index (κ3) is 3.17. The first kappa shape index (κ1) is 13.7. The highest BCUT2D eigenvalue weighted by Gasteiger charge is 2.19. The smallest absolute Gasteiger partial charge is 0.337 e. The normalized spacial score (nSPS) is 19.6. The summed E-state index contributed by atoms with van der Waals surface area (Å²) >= 11 is 0. The summed E-state index contributed by atoms with van der Waals surface area (Å²) < 4.78 is 0. The lowest BCUT2D eigenvalue weighted by Crippen LogP contribution is -2.19. The van der Waals surface area contributed by atoms with Crippen LogP contribution in [0.5, 0.6) is 0 Å². The molecule has 0 radical (unpaired) electrons. The first-order chi connectivity index (χ1) is 8.97. The molecule has 1 aromatic rings. The monoisotopic (exact) mass is 263 g/mol. The number of carboxylic acids is 1. The number of rotatable bonds is 4. The van der Waals surface area contributed by atoms with Crippen LogP contribution in [0.2, 0.25) is 0 Å². The fourth-order valence-corrected chi connectivity index (χ4v) is 2.53. The molecule has 1 unspecified atom stereocenters. The van der Waals surface area contributed by atoms with Gasteiger partial charge in [-0.1, -0.05) is 0 Å². The van der Waals surface area contributed by atoms with Crippen molar-refractivity contribution in [2.24, 2.45) is 5.92 Å². The number of likely N-dealkylation sites (tertiary alicyclic amines) is 1. The van der Waals surface area contributed by atoms with Crippen molar-refractivity contribution in [1.82, 2.24) is 4.90 Å². The van der Waals surface area contributed by atoms with Gasteiger partial charge in [-0.15, -0.1) is 0 Å². The van der Waals surface area contributed by atoms with Gasteiger partial charge in [0.25, 0.3) is 0 Å². The average Bonchev–Trinajstić information content (AvgIpc) is 2.76. The summed E-state index contributed by atoms with van der Waals surface area (Å²) in [4.78, 5) is 13.4. The van der Waals surface area contributed by atoms with Crippen molar-refractivity contribution in [2.45, 2.75) is 13.3 Å². The number of aryl methyl sites for hydroxylation is 1. The molecule has 1 aromatic carbocycles. The van der Waals surface area contributed by atoms with Gasteiger partial charge in [0.05, 0.1) is 5.56 Å². The van der Waals surface area contributed by atoms with E-state index in [2.05, 4.69) is 17.3 Å². The molecule has 19 heavy (non-hydrogen) atoms. The van der Waals surface area contributed by atoms with Crippen LogP contribution in [0.25, 0.3) is 0 Å². The molecule has 0 amide bonds. The molecule has 1 saturated heterocycles. The maximum absolute atomic E-state index is 11.1. The van der Waals surface area contributed by atoms with Gasteiger partial charge in [-0.2, -0.15) is 0 Å². The molecule has 0 aliphatic carbocycles. The van der Waals surface area contributed by atoms with E-state index < -0.39 is 5.97 Å². The third-order valence-corrected chi connectivity index (χ3v) is 3.70. The number of hydrogen-bond donors (Lipinski definition) is 3. The number of aromatic carboxylic acids is 1. The van der Waals surface area contributed by atoms with Gasteiger partial charge in [0.2, 0.25) is 0 Å². The summed E-state index contributed by atoms with van der Waals surface area (Å²) in [6, 6.07) is 3.52. The zero-order valence-corrected chi connectivity index (χ0v) is 11.4. The number of benzene rings is 1. The summed E-state index contributed by atoms with van der Waals surface area (Å²) in [5.41, 5.74) is 7.92. The first-order valence-electron chi connectivity index (χ1n) is 6.53. The fourth-order valence-electron chi connectivity index (χ4n) is 2.53. The lowest BCUT2D eigenvalue weighted by molar-refractivity contribution is 0.0698. The molecule has 0 aromatic heterocycles. The Morgan fingerprint density at radius 1 is 1.58 bits per heavy atom. The van der Waals surface area contributed by atoms with Crippen molar-refractivity contribution in [3.63, 3.8) is 0 Å². The van der Waals surface area contributed by atoms with Crippen molar-refractivity contribution < 1.29 is 9.90 Å². The minimum atomic E-state index is -0.982. The number of nitrogens with zero attached hydrogens (tertiary/aromatic N) is 1. The van der Waals surface area contributed by atoms with E-state index in [1.54, 1.807) is 6.07 Å². The number of nitrogen functional groups attached to an aromatic ring is 1. The lowest BCUT2D eigenvalue weighted by Gasteiger charge is -2.15. The van der Waals surface area contributed by atoms with E-state index in [9.17, 15) is 4.79 Å². The van der Waals surface area contributed by atoms with Crippen LogP contribution in [-0.2, 0) is 0 Å². The van der Waals surface area contributed by atoms with Crippen molar-refractivity contribution in [1.29, 1.82) is 0 Å². The molecule has 4 N–H and O–H groups in total. The lowest BCUT2D eigenvalue weighted by atomic mass is 10.1. The molecule has 1 aliphatic heterocycles. The van der Waals surface area contributed by atoms with E-state index in [-0.39, 0.29) is 5.56 Å². The van der Waals surface area contributed by atoms with E-state index >= 15 is 0 Å². The van der Waals surface area contributed by atoms with Gasteiger partial charge >= 0.3 is 5.97 Å². The molecule has 0 saturated carbocycles. The Bertz CT molecular complexity index is 488. The van der Waals surface area contributed by atoms with Gasteiger partial charge in [-0.25, -0.2) is 4.79 Å². The van der Waals surface area contributed by atoms with E-state index in [4.69, 9.17) is 10.8 Å². The highest BCUT2D eigenvalue weighted by molar-refractivity contribution is 5.95. The molecule has 5 heteroatoms. The van der Waals surface area contributed by atoms with Crippen molar-refractivity contribution in [2.75, 3.05) is 37.7 Å². The number of anilines is 2. The SMILES string of the molecule is Cc1cc(NCC2CCN(C)C2)cc(C(=O)O)c1N. The van der Waals surface area contributed by atoms with Crippen LogP contribution in [-0.4, -0.2) is 42.7 Å². The molecule has 104 valence electrons. The van der Waals surface area contributed by atoms with Gasteiger partial charge in [0, 0.05) is 24.5 Å². The molecular formula is C14H21N3O2. The van der Waals surface area contributed by atoms with Crippen LogP contribution in [0, 0.1) is 12.8 Å². The maximum Gasteiger partial charge on any atom is 0.337 e. The number of nitrogens with one attached hydrogen (secondary N) is 1. The van der Waals surface area contributed by atoms with Gasteiger partial charge < -0.3 is 21.1 Å². The van der Waals surface area contributed by atoms with Crippen LogP contribution < -0.4 is 11.1 Å². The standard InChI is InChI=1S/C14H21N3O2/c1-9-5-11(6-12(13(9)15)14(18)19)16-7-10-3-4-17(2)8-10/h5-6,10,16H,3-4,7-8,15H2,1-2H3,(H,18,19). The first-order valence-corrected chi connectivity index (χ1v) is 6.53. The molecule has 1 aliphatic rings. The van der Waals surface area contributed by atoms with Crippen LogP contribution >= 0.6 is 0 Å². The van der Waals surface area contributed by atoms with Crippen LogP contribution in [0.1, 0.15) is 22.3 Å². The highest BCUT2D eigenvalue weighted by Crippen LogP contribution is 2.24. The molecule has 0 spiro atoms. The second-order valence-corrected chi connectivity index (χ2v) is 5.36. The Hall–Kier alpha value is -1.75. The Labute approximate surface area is 113 Å². The maximum atomic E-state index is 11.1. The molecular weight excluding hydrogens is 242 g/mol. The van der Waals surface area contributed by atoms with Crippen molar-refractivity contribution in [3.8, 4) is 0 Å². The Kier molecular flexibility index (Phi) is 3.95. The van der Waals surface area contributed by atoms with Crippen molar-refractivity contribution in [3.05, 3.63) is 23.3 Å². The van der Waals surface area contributed by atoms with E-state index in [0.29, 0.717) is 11.6 Å². The summed E-state index contributed by atoms with van der Waals surface area (Å²) in [6.07, 6.45) is 1.18. The summed E-state index contributed by atoms with van der Waals surface area (Å²) in [6.45, 7) is 4.92. The molecule has 0 bridgehead atoms. The average molecular weight is 263 g/mol. The molecule has 1 fully saturated rings. The molecule has 5 nitrogen and oxygen atoms in total. The number of nitrogens with two attached hydrogens (primary N) is 1. The summed E-state index contributed by atoms with van der Waals surface area (Å²) in [5, 5.41) is 12.4. The van der Waals surface area contributed by atoms with E-state index in [1.807, 2.05) is 13.0 Å². The van der Waals surface area contributed by atoms with Gasteiger partial charge in [0.1, 0.15) is 0 Å². The van der Waals surface area contributed by atoms with Gasteiger partial charge in [-0.05, 0) is 50.6 Å². The van der Waals surface area contributed by atoms with E-state index in [1.165, 1.54) is 6.42 Å². The minimum Gasteiger partial charge on any atom is -0.478 e.